The highest BCUT2D eigenvalue weighted by molar-refractivity contribution is 9.10. The van der Waals surface area contributed by atoms with Crippen LogP contribution in [-0.4, -0.2) is 19.1 Å². The van der Waals surface area contributed by atoms with Crippen LogP contribution in [0.15, 0.2) is 46.9 Å². The fourth-order valence-electron chi connectivity index (χ4n) is 2.80. The average Bonchev–Trinajstić information content (AvgIpc) is 2.86. The molecule has 0 saturated carbocycles. The molecule has 120 valence electrons. The van der Waals surface area contributed by atoms with Gasteiger partial charge >= 0.3 is 0 Å². The van der Waals surface area contributed by atoms with Gasteiger partial charge in [-0.2, -0.15) is 0 Å². The quantitative estimate of drug-likeness (QED) is 0.581. The van der Waals surface area contributed by atoms with E-state index in [1.54, 1.807) is 4.90 Å². The summed E-state index contributed by atoms with van der Waals surface area (Å²) in [5.41, 5.74) is 3.36. The molecule has 0 saturated heterocycles. The molecule has 2 aromatic carbocycles. The van der Waals surface area contributed by atoms with Gasteiger partial charge < -0.3 is 9.64 Å². The summed E-state index contributed by atoms with van der Waals surface area (Å²) < 4.78 is 6.51. The number of rotatable bonds is 4. The van der Waals surface area contributed by atoms with E-state index in [2.05, 4.69) is 21.9 Å². The molecule has 3 nitrogen and oxygen atoms in total. The van der Waals surface area contributed by atoms with E-state index in [9.17, 15) is 4.79 Å². The molecule has 4 heteroatoms. The van der Waals surface area contributed by atoms with E-state index in [1.807, 2.05) is 55.5 Å². The third kappa shape index (κ3) is 2.95. The topological polar surface area (TPSA) is 29.5 Å². The van der Waals surface area contributed by atoms with Crippen molar-refractivity contribution in [2.45, 2.75) is 6.92 Å². The normalized spacial score (nSPS) is 14.6. The van der Waals surface area contributed by atoms with Gasteiger partial charge in [0.05, 0.1) is 5.69 Å². The number of carbonyl (C=O) groups excluding carboxylic acids is 1. The van der Waals surface area contributed by atoms with E-state index in [0.717, 1.165) is 21.3 Å². The second-order valence-corrected chi connectivity index (χ2v) is 6.22. The summed E-state index contributed by atoms with van der Waals surface area (Å²) in [6.45, 7) is 2.79. The SMILES string of the molecule is C#CCOc1ccc(Br)cc1/C=C1\C(=O)N(CC)c2ccccc21. The lowest BCUT2D eigenvalue weighted by atomic mass is 10.0. The molecule has 0 unspecified atom stereocenters. The van der Waals surface area contributed by atoms with Crippen molar-refractivity contribution in [2.75, 3.05) is 18.1 Å². The van der Waals surface area contributed by atoms with Gasteiger partial charge in [-0.05, 0) is 37.3 Å². The molecule has 2 aromatic rings. The number of benzene rings is 2. The van der Waals surface area contributed by atoms with Crippen LogP contribution in [0.4, 0.5) is 5.69 Å². The van der Waals surface area contributed by atoms with E-state index < -0.39 is 0 Å². The Hall–Kier alpha value is -2.51. The molecule has 24 heavy (non-hydrogen) atoms. The minimum absolute atomic E-state index is 0.00146. The predicted molar refractivity (Wildman–Crippen MR) is 101 cm³/mol. The van der Waals surface area contributed by atoms with Crippen LogP contribution in [0.1, 0.15) is 18.1 Å². The first kappa shape index (κ1) is 16.4. The largest absolute Gasteiger partial charge is 0.480 e. The van der Waals surface area contributed by atoms with Crippen molar-refractivity contribution in [1.29, 1.82) is 0 Å². The van der Waals surface area contributed by atoms with Crippen molar-refractivity contribution >= 4 is 39.2 Å². The van der Waals surface area contributed by atoms with Crippen molar-refractivity contribution in [3.63, 3.8) is 0 Å². The molecule has 0 atom stereocenters. The number of fused-ring (bicyclic) bond motifs is 1. The average molecular weight is 382 g/mol. The smallest absolute Gasteiger partial charge is 0.258 e. The molecular weight excluding hydrogens is 366 g/mol. The summed E-state index contributed by atoms with van der Waals surface area (Å²) in [5, 5.41) is 0. The predicted octanol–water partition coefficient (Wildman–Crippen LogP) is 4.37. The van der Waals surface area contributed by atoms with Gasteiger partial charge in [0.2, 0.25) is 0 Å². The second-order valence-electron chi connectivity index (χ2n) is 5.30. The van der Waals surface area contributed by atoms with Crippen LogP contribution in [0.2, 0.25) is 0 Å². The van der Waals surface area contributed by atoms with Gasteiger partial charge in [-0.25, -0.2) is 0 Å². The molecule has 0 aliphatic carbocycles. The third-order valence-corrected chi connectivity index (χ3v) is 4.35. The molecule has 0 bridgehead atoms. The number of carbonyl (C=O) groups is 1. The van der Waals surface area contributed by atoms with E-state index in [1.165, 1.54) is 0 Å². The Morgan fingerprint density at radius 1 is 1.29 bits per heavy atom. The Labute approximate surface area is 150 Å². The Morgan fingerprint density at radius 2 is 2.08 bits per heavy atom. The maximum Gasteiger partial charge on any atom is 0.258 e. The Morgan fingerprint density at radius 3 is 2.83 bits per heavy atom. The Bertz CT molecular complexity index is 864. The van der Waals surface area contributed by atoms with Gasteiger partial charge in [0.25, 0.3) is 5.91 Å². The molecule has 1 heterocycles. The fourth-order valence-corrected chi connectivity index (χ4v) is 3.18. The lowest BCUT2D eigenvalue weighted by Gasteiger charge is -2.13. The minimum atomic E-state index is 0.00146. The number of likely N-dealkylation sites (N-methyl/N-ethyl adjacent to an activating group) is 1. The Balaban J connectivity index is 2.11. The molecule has 0 fully saturated rings. The third-order valence-electron chi connectivity index (χ3n) is 3.86. The molecular formula is C20H16BrNO2. The molecule has 0 N–H and O–H groups in total. The maximum atomic E-state index is 12.8. The number of hydrogen-bond acceptors (Lipinski definition) is 2. The number of ether oxygens (including phenoxy) is 1. The monoisotopic (exact) mass is 381 g/mol. The number of hydrogen-bond donors (Lipinski definition) is 0. The number of halogens is 1. The van der Waals surface area contributed by atoms with Gasteiger partial charge in [-0.3, -0.25) is 4.79 Å². The van der Waals surface area contributed by atoms with Crippen LogP contribution < -0.4 is 9.64 Å². The van der Waals surface area contributed by atoms with Crippen LogP contribution in [0, 0.1) is 12.3 Å². The van der Waals surface area contributed by atoms with E-state index >= 15 is 0 Å². The number of amides is 1. The second kappa shape index (κ2) is 6.94. The van der Waals surface area contributed by atoms with Crippen molar-refractivity contribution in [1.82, 2.24) is 0 Å². The van der Waals surface area contributed by atoms with Crippen molar-refractivity contribution in [3.05, 3.63) is 58.1 Å². The fraction of sp³-hybridized carbons (Fsp3) is 0.150. The Kier molecular flexibility index (Phi) is 4.73. The van der Waals surface area contributed by atoms with Gasteiger partial charge in [0.1, 0.15) is 12.4 Å². The highest BCUT2D eigenvalue weighted by atomic mass is 79.9. The van der Waals surface area contributed by atoms with E-state index in [4.69, 9.17) is 11.2 Å². The van der Waals surface area contributed by atoms with Gasteiger partial charge in [-0.15, -0.1) is 6.42 Å². The van der Waals surface area contributed by atoms with Crippen LogP contribution in [0.5, 0.6) is 5.75 Å². The molecule has 0 aromatic heterocycles. The van der Waals surface area contributed by atoms with Crippen LogP contribution in [0.25, 0.3) is 11.6 Å². The number of terminal acetylenes is 1. The lowest BCUT2D eigenvalue weighted by molar-refractivity contribution is -0.112. The summed E-state index contributed by atoms with van der Waals surface area (Å²) in [5.74, 6) is 3.12. The molecule has 0 spiro atoms. The highest BCUT2D eigenvalue weighted by Crippen LogP contribution is 2.38. The maximum absolute atomic E-state index is 12.8. The molecule has 0 radical (unpaired) electrons. The zero-order valence-corrected chi connectivity index (χ0v) is 14.8. The zero-order chi connectivity index (χ0) is 17.1. The number of para-hydroxylation sites is 1. The molecule has 1 aliphatic heterocycles. The van der Waals surface area contributed by atoms with Gasteiger partial charge in [0, 0.05) is 27.7 Å². The van der Waals surface area contributed by atoms with E-state index in [0.29, 0.717) is 17.9 Å². The van der Waals surface area contributed by atoms with Crippen LogP contribution >= 0.6 is 15.9 Å². The molecule has 1 amide bonds. The highest BCUT2D eigenvalue weighted by Gasteiger charge is 2.30. The summed E-state index contributed by atoms with van der Waals surface area (Å²) in [6, 6.07) is 13.5. The lowest BCUT2D eigenvalue weighted by Crippen LogP contribution is -2.25. The first-order valence-electron chi connectivity index (χ1n) is 7.64. The summed E-state index contributed by atoms with van der Waals surface area (Å²) in [4.78, 5) is 14.6. The van der Waals surface area contributed by atoms with Gasteiger partial charge in [0.15, 0.2) is 0 Å². The van der Waals surface area contributed by atoms with Gasteiger partial charge in [-0.1, -0.05) is 40.0 Å². The van der Waals surface area contributed by atoms with Crippen molar-refractivity contribution in [2.24, 2.45) is 0 Å². The minimum Gasteiger partial charge on any atom is -0.480 e. The van der Waals surface area contributed by atoms with E-state index in [-0.39, 0.29) is 12.5 Å². The molecule has 1 aliphatic rings. The number of nitrogens with zero attached hydrogens (tertiary/aromatic N) is 1. The first-order chi connectivity index (χ1) is 11.7. The number of anilines is 1. The summed E-state index contributed by atoms with van der Waals surface area (Å²) in [6.07, 6.45) is 7.15. The zero-order valence-electron chi connectivity index (χ0n) is 13.3. The van der Waals surface area contributed by atoms with Crippen molar-refractivity contribution < 1.29 is 9.53 Å². The summed E-state index contributed by atoms with van der Waals surface area (Å²) in [7, 11) is 0. The van der Waals surface area contributed by atoms with Crippen LogP contribution in [-0.2, 0) is 4.79 Å². The standard InChI is InChI=1S/C20H16BrNO2/c1-3-11-24-19-10-9-15(21)12-14(19)13-17-16-7-5-6-8-18(16)22(4-2)20(17)23/h1,5-10,12-13H,4,11H2,2H3/b17-13-. The first-order valence-corrected chi connectivity index (χ1v) is 8.43. The van der Waals surface area contributed by atoms with Crippen molar-refractivity contribution in [3.8, 4) is 18.1 Å². The summed E-state index contributed by atoms with van der Waals surface area (Å²) >= 11 is 3.47. The molecule has 3 rings (SSSR count). The van der Waals surface area contributed by atoms with Crippen LogP contribution in [0.3, 0.4) is 0 Å².